The maximum atomic E-state index is 14.5. The van der Waals surface area contributed by atoms with E-state index in [1.165, 1.54) is 0 Å². The number of aromatic nitrogens is 1. The summed E-state index contributed by atoms with van der Waals surface area (Å²) < 4.78 is 54.3. The Hall–Kier alpha value is -4.49. The van der Waals surface area contributed by atoms with Gasteiger partial charge in [-0.2, -0.15) is 18.4 Å². The maximum Gasteiger partial charge on any atom is 0.416 e. The number of nitrogens with zero attached hydrogens (tertiary/aromatic N) is 4. The molecule has 2 aliphatic heterocycles. The molecule has 1 aromatic heterocycles. The Morgan fingerprint density at radius 1 is 0.955 bits per heavy atom. The number of carbonyl (C=O) groups excluding carboxylic acids is 1. The van der Waals surface area contributed by atoms with Gasteiger partial charge in [0.05, 0.1) is 28.3 Å². The van der Waals surface area contributed by atoms with Gasteiger partial charge in [-0.3, -0.25) is 4.79 Å². The van der Waals surface area contributed by atoms with Crippen molar-refractivity contribution in [2.75, 3.05) is 31.5 Å². The van der Waals surface area contributed by atoms with Crippen molar-refractivity contribution >= 4 is 22.6 Å². The van der Waals surface area contributed by atoms with E-state index in [-0.39, 0.29) is 29.9 Å². The highest BCUT2D eigenvalue weighted by Gasteiger charge is 2.33. The molecule has 1 amide bonds. The van der Waals surface area contributed by atoms with Crippen LogP contribution >= 0.6 is 0 Å². The molecule has 0 aliphatic carbocycles. The Labute approximate surface area is 252 Å². The topological polar surface area (TPSA) is 72.3 Å². The van der Waals surface area contributed by atoms with Crippen LogP contribution in [0.3, 0.4) is 0 Å². The molecular weight excluding hydrogens is 570 g/mol. The van der Waals surface area contributed by atoms with Crippen LogP contribution in [-0.2, 0) is 12.7 Å². The monoisotopic (exact) mass is 601 g/mol. The lowest BCUT2D eigenvalue weighted by Crippen LogP contribution is -2.42. The summed E-state index contributed by atoms with van der Waals surface area (Å²) in [6.07, 6.45) is -0.451. The normalized spacial score (nSPS) is 17.2. The SMILES string of the molecule is N#Cc1ccc(-c2ccc3nc(NCc4cc(C(F)(F)F)ccc4F)cc(C(=O)N4CCC[C@H]4CN4CCCC4)c3c2)cc1. The van der Waals surface area contributed by atoms with Gasteiger partial charge in [-0.25, -0.2) is 9.37 Å². The molecule has 0 saturated carbocycles. The second kappa shape index (κ2) is 12.2. The number of benzene rings is 3. The predicted octanol–water partition coefficient (Wildman–Crippen LogP) is 7.24. The highest BCUT2D eigenvalue weighted by molar-refractivity contribution is 6.08. The smallest absolute Gasteiger partial charge is 0.366 e. The summed E-state index contributed by atoms with van der Waals surface area (Å²) in [7, 11) is 0. The van der Waals surface area contributed by atoms with Gasteiger partial charge in [-0.15, -0.1) is 0 Å². The van der Waals surface area contributed by atoms with Crippen LogP contribution in [0.15, 0.2) is 66.7 Å². The molecule has 4 aromatic rings. The Bertz CT molecular complexity index is 1730. The summed E-state index contributed by atoms with van der Waals surface area (Å²) in [6.45, 7) is 3.28. The lowest BCUT2D eigenvalue weighted by molar-refractivity contribution is -0.137. The standard InChI is InChI=1S/C34H31F4N5O/c35-30-11-10-26(34(36,37)38)16-25(30)20-40-32-18-29(33(44)43-15-3-4-27(43)21-42-13-1-2-14-42)28-17-24(9-12-31(28)41-32)23-7-5-22(19-39)6-8-23/h5-12,16-18,27H,1-4,13-15,20-21H2,(H,40,41)/t27-/m0/s1. The lowest BCUT2D eigenvalue weighted by atomic mass is 9.99. The van der Waals surface area contributed by atoms with E-state index in [1.807, 2.05) is 29.2 Å². The summed E-state index contributed by atoms with van der Waals surface area (Å²) in [6, 6.07) is 18.8. The molecule has 2 aliphatic rings. The van der Waals surface area contributed by atoms with Crippen molar-refractivity contribution in [3.05, 3.63) is 94.8 Å². The molecule has 226 valence electrons. The highest BCUT2D eigenvalue weighted by Crippen LogP contribution is 2.33. The Balaban J connectivity index is 1.36. The molecule has 0 spiro atoms. The van der Waals surface area contributed by atoms with Crippen molar-refractivity contribution in [3.63, 3.8) is 0 Å². The molecule has 6 rings (SSSR count). The minimum atomic E-state index is -4.60. The molecule has 2 saturated heterocycles. The van der Waals surface area contributed by atoms with Gasteiger partial charge in [0, 0.05) is 36.6 Å². The fraction of sp³-hybridized carbons (Fsp3) is 0.324. The van der Waals surface area contributed by atoms with E-state index < -0.39 is 17.6 Å². The van der Waals surface area contributed by atoms with Crippen molar-refractivity contribution in [3.8, 4) is 17.2 Å². The Morgan fingerprint density at radius 3 is 2.43 bits per heavy atom. The summed E-state index contributed by atoms with van der Waals surface area (Å²) in [5.74, 6) is -0.639. The van der Waals surface area contributed by atoms with Gasteiger partial charge in [0.25, 0.3) is 5.91 Å². The van der Waals surface area contributed by atoms with Gasteiger partial charge in [0.15, 0.2) is 0 Å². The number of rotatable bonds is 7. The Morgan fingerprint density at radius 2 is 1.70 bits per heavy atom. The van der Waals surface area contributed by atoms with E-state index >= 15 is 0 Å². The van der Waals surface area contributed by atoms with E-state index in [4.69, 9.17) is 0 Å². The summed E-state index contributed by atoms with van der Waals surface area (Å²) in [5.41, 5.74) is 2.11. The molecule has 0 unspecified atom stereocenters. The van der Waals surface area contributed by atoms with Gasteiger partial charge in [0.2, 0.25) is 0 Å². The van der Waals surface area contributed by atoms with E-state index in [0.29, 0.717) is 34.6 Å². The molecule has 3 heterocycles. The van der Waals surface area contributed by atoms with Crippen molar-refractivity contribution in [2.24, 2.45) is 0 Å². The van der Waals surface area contributed by atoms with E-state index in [0.717, 1.165) is 68.6 Å². The predicted molar refractivity (Wildman–Crippen MR) is 160 cm³/mol. The van der Waals surface area contributed by atoms with Crippen molar-refractivity contribution in [1.82, 2.24) is 14.8 Å². The quantitative estimate of drug-likeness (QED) is 0.226. The number of pyridine rings is 1. The average molecular weight is 602 g/mol. The second-order valence-electron chi connectivity index (χ2n) is 11.4. The highest BCUT2D eigenvalue weighted by atomic mass is 19.4. The number of fused-ring (bicyclic) bond motifs is 1. The minimum Gasteiger partial charge on any atom is -0.366 e. The van der Waals surface area contributed by atoms with Crippen LogP contribution in [0, 0.1) is 17.1 Å². The number of carbonyl (C=O) groups is 1. The number of hydrogen-bond acceptors (Lipinski definition) is 5. The van der Waals surface area contributed by atoms with Gasteiger partial charge >= 0.3 is 6.18 Å². The van der Waals surface area contributed by atoms with Crippen molar-refractivity contribution < 1.29 is 22.4 Å². The lowest BCUT2D eigenvalue weighted by Gasteiger charge is -2.29. The molecule has 2 fully saturated rings. The third-order valence-corrected chi connectivity index (χ3v) is 8.53. The van der Waals surface area contributed by atoms with Crippen LogP contribution in [0.1, 0.15) is 52.7 Å². The number of nitriles is 1. The zero-order valence-electron chi connectivity index (χ0n) is 24.0. The first-order valence-electron chi connectivity index (χ1n) is 14.8. The van der Waals surface area contributed by atoms with Crippen LogP contribution < -0.4 is 5.32 Å². The zero-order chi connectivity index (χ0) is 30.8. The first-order chi connectivity index (χ1) is 21.2. The van der Waals surface area contributed by atoms with Crippen LogP contribution in [0.2, 0.25) is 0 Å². The molecule has 1 atom stereocenters. The van der Waals surface area contributed by atoms with Crippen LogP contribution in [-0.4, -0.2) is 52.9 Å². The van der Waals surface area contributed by atoms with Crippen molar-refractivity contribution in [2.45, 2.75) is 44.4 Å². The molecule has 1 N–H and O–H groups in total. The first kappa shape index (κ1) is 29.6. The molecular formula is C34H31F4N5O. The molecule has 0 radical (unpaired) electrons. The zero-order valence-corrected chi connectivity index (χ0v) is 24.0. The average Bonchev–Trinajstić information content (AvgIpc) is 3.72. The molecule has 3 aromatic carbocycles. The molecule has 44 heavy (non-hydrogen) atoms. The van der Waals surface area contributed by atoms with Gasteiger partial charge in [-0.1, -0.05) is 18.2 Å². The van der Waals surface area contributed by atoms with Gasteiger partial charge in [-0.05, 0) is 98.4 Å². The fourth-order valence-electron chi connectivity index (χ4n) is 6.19. The fourth-order valence-corrected chi connectivity index (χ4v) is 6.19. The van der Waals surface area contributed by atoms with Gasteiger partial charge in [0.1, 0.15) is 11.6 Å². The first-order valence-corrected chi connectivity index (χ1v) is 14.8. The molecule has 10 heteroatoms. The summed E-state index contributed by atoms with van der Waals surface area (Å²) >= 11 is 0. The van der Waals surface area contributed by atoms with Crippen LogP contribution in [0.5, 0.6) is 0 Å². The van der Waals surface area contributed by atoms with Crippen LogP contribution in [0.25, 0.3) is 22.0 Å². The number of nitrogens with one attached hydrogen (secondary N) is 1. The van der Waals surface area contributed by atoms with Gasteiger partial charge < -0.3 is 15.1 Å². The third kappa shape index (κ3) is 6.24. The number of halogens is 4. The summed E-state index contributed by atoms with van der Waals surface area (Å²) in [4.78, 5) is 23.2. The Kier molecular flexibility index (Phi) is 8.23. The summed E-state index contributed by atoms with van der Waals surface area (Å²) in [5, 5.41) is 12.8. The number of anilines is 1. The number of likely N-dealkylation sites (tertiary alicyclic amines) is 2. The number of hydrogen-bond donors (Lipinski definition) is 1. The van der Waals surface area contributed by atoms with E-state index in [1.54, 1.807) is 24.3 Å². The minimum absolute atomic E-state index is 0.0844. The molecule has 0 bridgehead atoms. The largest absolute Gasteiger partial charge is 0.416 e. The van der Waals surface area contributed by atoms with E-state index in [9.17, 15) is 27.6 Å². The van der Waals surface area contributed by atoms with E-state index in [2.05, 4.69) is 21.3 Å². The maximum absolute atomic E-state index is 14.5. The third-order valence-electron chi connectivity index (χ3n) is 8.53. The number of amides is 1. The van der Waals surface area contributed by atoms with Crippen LogP contribution in [0.4, 0.5) is 23.4 Å². The second-order valence-corrected chi connectivity index (χ2v) is 11.4. The van der Waals surface area contributed by atoms with Crippen molar-refractivity contribution in [1.29, 1.82) is 5.26 Å². The molecule has 6 nitrogen and oxygen atoms in total. The number of alkyl halides is 3.